The molecule has 5 nitrogen and oxygen atoms in total. The first kappa shape index (κ1) is 19.1. The largest absolute Gasteiger partial charge is 0.443 e. The van der Waals surface area contributed by atoms with E-state index < -0.39 is 17.1 Å². The van der Waals surface area contributed by atoms with Crippen LogP contribution in [0.3, 0.4) is 0 Å². The van der Waals surface area contributed by atoms with Crippen LogP contribution in [0.2, 0.25) is 0 Å². The van der Waals surface area contributed by atoms with Crippen LogP contribution in [0.4, 0.5) is 13.2 Å². The van der Waals surface area contributed by atoms with E-state index in [0.717, 1.165) is 44.6 Å². The van der Waals surface area contributed by atoms with Crippen LogP contribution in [0.15, 0.2) is 5.38 Å². The summed E-state index contributed by atoms with van der Waals surface area (Å²) in [6, 6.07) is 0. The molecule has 1 fully saturated rings. The van der Waals surface area contributed by atoms with Crippen molar-refractivity contribution in [3.8, 4) is 0 Å². The van der Waals surface area contributed by atoms with Gasteiger partial charge in [0.25, 0.3) is 5.91 Å². The molecular weight excluding hydrogens is 341 g/mol. The number of alkyl halides is 3. The maximum Gasteiger partial charge on any atom is 0.443 e. The van der Waals surface area contributed by atoms with Gasteiger partial charge in [-0.15, -0.1) is 11.3 Å². The van der Waals surface area contributed by atoms with Gasteiger partial charge in [-0.3, -0.25) is 4.79 Å². The maximum atomic E-state index is 12.5. The second kappa shape index (κ2) is 8.26. The fraction of sp³-hybridized carbons (Fsp3) is 0.733. The molecule has 1 aromatic rings. The zero-order valence-electron chi connectivity index (χ0n) is 13.9. The van der Waals surface area contributed by atoms with Gasteiger partial charge in [0, 0.05) is 44.6 Å². The van der Waals surface area contributed by atoms with E-state index in [1.54, 1.807) is 0 Å². The van der Waals surface area contributed by atoms with E-state index in [1.807, 2.05) is 6.92 Å². The standard InChI is InChI=1S/C15H23F3N4OS/c1-3-21-4-6-22(7-5-21)9-11(2)8-19-13(23)12-10-24-14(20-12)15(16,17)18/h10-11H,3-9H2,1-2H3,(H,19,23). The number of likely N-dealkylation sites (N-methyl/N-ethyl adjacent to an activating group) is 1. The molecule has 1 saturated heterocycles. The zero-order valence-corrected chi connectivity index (χ0v) is 14.7. The van der Waals surface area contributed by atoms with Gasteiger partial charge in [-0.25, -0.2) is 4.98 Å². The summed E-state index contributed by atoms with van der Waals surface area (Å²) in [5.74, 6) is -0.327. The molecule has 1 aromatic heterocycles. The topological polar surface area (TPSA) is 48.5 Å². The third kappa shape index (κ3) is 5.42. The molecule has 0 bridgehead atoms. The minimum absolute atomic E-state index is 0.170. The van der Waals surface area contributed by atoms with Crippen LogP contribution in [-0.4, -0.2) is 66.5 Å². The van der Waals surface area contributed by atoms with Crippen molar-refractivity contribution in [2.24, 2.45) is 5.92 Å². The fourth-order valence-corrected chi connectivity index (χ4v) is 3.33. The Kier molecular flexibility index (Phi) is 6.59. The van der Waals surface area contributed by atoms with Crippen LogP contribution in [0.1, 0.15) is 29.3 Å². The highest BCUT2D eigenvalue weighted by atomic mass is 32.1. The number of thiazole rings is 1. The molecule has 2 heterocycles. The lowest BCUT2D eigenvalue weighted by Gasteiger charge is -2.35. The van der Waals surface area contributed by atoms with Crippen molar-refractivity contribution in [2.45, 2.75) is 20.0 Å². The summed E-state index contributed by atoms with van der Waals surface area (Å²) >= 11 is 0.440. The van der Waals surface area contributed by atoms with Gasteiger partial charge < -0.3 is 15.1 Å². The minimum Gasteiger partial charge on any atom is -0.350 e. The SMILES string of the molecule is CCN1CCN(CC(C)CNC(=O)c2csc(C(F)(F)F)n2)CC1. The van der Waals surface area contributed by atoms with E-state index in [1.165, 1.54) is 0 Å². The molecule has 0 spiro atoms. The van der Waals surface area contributed by atoms with Gasteiger partial charge >= 0.3 is 6.18 Å². The first-order valence-electron chi connectivity index (χ1n) is 8.05. The van der Waals surface area contributed by atoms with E-state index >= 15 is 0 Å². The smallest absolute Gasteiger partial charge is 0.350 e. The van der Waals surface area contributed by atoms with Gasteiger partial charge in [-0.2, -0.15) is 13.2 Å². The summed E-state index contributed by atoms with van der Waals surface area (Å²) in [6.45, 7) is 10.6. The number of hydrogen-bond donors (Lipinski definition) is 1. The zero-order chi connectivity index (χ0) is 17.7. The fourth-order valence-electron chi connectivity index (χ4n) is 2.66. The van der Waals surface area contributed by atoms with Crippen LogP contribution in [-0.2, 0) is 6.18 Å². The molecule has 1 aliphatic rings. The summed E-state index contributed by atoms with van der Waals surface area (Å²) in [5.41, 5.74) is -0.170. The first-order chi connectivity index (χ1) is 11.3. The number of halogens is 3. The van der Waals surface area contributed by atoms with Crippen molar-refractivity contribution in [3.05, 3.63) is 16.1 Å². The van der Waals surface area contributed by atoms with E-state index in [9.17, 15) is 18.0 Å². The van der Waals surface area contributed by atoms with E-state index in [0.29, 0.717) is 17.9 Å². The Bertz CT molecular complexity index is 541. The molecule has 24 heavy (non-hydrogen) atoms. The van der Waals surface area contributed by atoms with Crippen LogP contribution in [0.25, 0.3) is 0 Å². The number of carbonyl (C=O) groups is 1. The van der Waals surface area contributed by atoms with Crippen molar-refractivity contribution in [1.29, 1.82) is 0 Å². The normalized spacial score (nSPS) is 18.5. The van der Waals surface area contributed by atoms with Crippen LogP contribution >= 0.6 is 11.3 Å². The lowest BCUT2D eigenvalue weighted by Crippen LogP contribution is -2.48. The van der Waals surface area contributed by atoms with Crippen molar-refractivity contribution >= 4 is 17.2 Å². The summed E-state index contributed by atoms with van der Waals surface area (Å²) in [7, 11) is 0. The number of nitrogens with one attached hydrogen (secondary N) is 1. The summed E-state index contributed by atoms with van der Waals surface area (Å²) in [6.07, 6.45) is -4.50. The average molecular weight is 364 g/mol. The molecule has 2 rings (SSSR count). The molecule has 0 aromatic carbocycles. The third-order valence-corrected chi connectivity index (χ3v) is 4.96. The molecule has 1 atom stereocenters. The molecule has 1 N–H and O–H groups in total. The van der Waals surface area contributed by atoms with Crippen LogP contribution in [0.5, 0.6) is 0 Å². The minimum atomic E-state index is -4.50. The molecule has 136 valence electrons. The van der Waals surface area contributed by atoms with Gasteiger partial charge in [-0.1, -0.05) is 13.8 Å². The van der Waals surface area contributed by atoms with Gasteiger partial charge in [0.1, 0.15) is 5.69 Å². The lowest BCUT2D eigenvalue weighted by molar-refractivity contribution is -0.137. The Morgan fingerprint density at radius 2 is 1.96 bits per heavy atom. The highest BCUT2D eigenvalue weighted by Gasteiger charge is 2.35. The van der Waals surface area contributed by atoms with Gasteiger partial charge in [-0.05, 0) is 12.5 Å². The number of amides is 1. The maximum absolute atomic E-state index is 12.5. The van der Waals surface area contributed by atoms with Gasteiger partial charge in [0.2, 0.25) is 0 Å². The highest BCUT2D eigenvalue weighted by molar-refractivity contribution is 7.09. The average Bonchev–Trinajstić information content (AvgIpc) is 3.03. The van der Waals surface area contributed by atoms with E-state index in [4.69, 9.17) is 0 Å². The third-order valence-electron chi connectivity index (χ3n) is 4.07. The molecular formula is C15H23F3N4OS. The molecule has 0 saturated carbocycles. The molecule has 0 aliphatic carbocycles. The highest BCUT2D eigenvalue weighted by Crippen LogP contribution is 2.31. The van der Waals surface area contributed by atoms with Crippen molar-refractivity contribution < 1.29 is 18.0 Å². The number of carbonyl (C=O) groups excluding carboxylic acids is 1. The lowest BCUT2D eigenvalue weighted by atomic mass is 10.1. The Balaban J connectivity index is 1.74. The Morgan fingerprint density at radius 3 is 2.50 bits per heavy atom. The molecule has 9 heteroatoms. The van der Waals surface area contributed by atoms with Crippen molar-refractivity contribution in [2.75, 3.05) is 45.8 Å². The Hall–Kier alpha value is -1.19. The number of rotatable bonds is 6. The van der Waals surface area contributed by atoms with Crippen molar-refractivity contribution in [1.82, 2.24) is 20.1 Å². The number of hydrogen-bond acceptors (Lipinski definition) is 5. The summed E-state index contributed by atoms with van der Waals surface area (Å²) in [5, 5.41) is 2.83. The Morgan fingerprint density at radius 1 is 1.33 bits per heavy atom. The molecule has 1 aliphatic heterocycles. The molecule has 0 radical (unpaired) electrons. The number of nitrogens with zero attached hydrogens (tertiary/aromatic N) is 3. The van der Waals surface area contributed by atoms with E-state index in [-0.39, 0.29) is 11.6 Å². The van der Waals surface area contributed by atoms with Gasteiger partial charge in [0.05, 0.1) is 0 Å². The summed E-state index contributed by atoms with van der Waals surface area (Å²) in [4.78, 5) is 20.0. The predicted octanol–water partition coefficient (Wildman–Crippen LogP) is 2.17. The van der Waals surface area contributed by atoms with E-state index in [2.05, 4.69) is 27.0 Å². The monoisotopic (exact) mass is 364 g/mol. The van der Waals surface area contributed by atoms with Gasteiger partial charge in [0.15, 0.2) is 5.01 Å². The number of aromatic nitrogens is 1. The second-order valence-corrected chi connectivity index (χ2v) is 6.94. The van der Waals surface area contributed by atoms with Crippen molar-refractivity contribution in [3.63, 3.8) is 0 Å². The number of piperazine rings is 1. The molecule has 1 unspecified atom stereocenters. The first-order valence-corrected chi connectivity index (χ1v) is 8.93. The van der Waals surface area contributed by atoms with Crippen LogP contribution < -0.4 is 5.32 Å². The van der Waals surface area contributed by atoms with Crippen LogP contribution in [0, 0.1) is 5.92 Å². The summed E-state index contributed by atoms with van der Waals surface area (Å²) < 4.78 is 37.5. The predicted molar refractivity (Wildman–Crippen MR) is 87.2 cm³/mol. The second-order valence-electron chi connectivity index (χ2n) is 6.09. The molecule has 1 amide bonds. The Labute approximate surface area is 143 Å². The quantitative estimate of drug-likeness (QED) is 0.841.